The molecule has 3 aromatic rings. The molecule has 0 aromatic carbocycles. The Morgan fingerprint density at radius 2 is 2.19 bits per heavy atom. The summed E-state index contributed by atoms with van der Waals surface area (Å²) >= 11 is 1.62. The van der Waals surface area contributed by atoms with Gasteiger partial charge in [0.25, 0.3) is 0 Å². The van der Waals surface area contributed by atoms with Crippen LogP contribution in [0.4, 0.5) is 5.82 Å². The molecule has 138 valence electrons. The molecule has 4 rings (SSSR count). The lowest BCUT2D eigenvalue weighted by molar-refractivity contribution is -0.707. The Morgan fingerprint density at radius 1 is 1.42 bits per heavy atom. The number of hydrogen-bond acceptors (Lipinski definition) is 5. The van der Waals surface area contributed by atoms with E-state index in [1.807, 2.05) is 30.5 Å². The Labute approximate surface area is 155 Å². The van der Waals surface area contributed by atoms with Crippen LogP contribution in [-0.2, 0) is 24.3 Å². The van der Waals surface area contributed by atoms with Crippen molar-refractivity contribution in [2.45, 2.75) is 58.9 Å². The summed E-state index contributed by atoms with van der Waals surface area (Å²) in [5, 5.41) is 0.987. The van der Waals surface area contributed by atoms with Crippen molar-refractivity contribution in [1.82, 2.24) is 4.57 Å². The van der Waals surface area contributed by atoms with Crippen molar-refractivity contribution in [3.05, 3.63) is 45.1 Å². The molecule has 7 heteroatoms. The highest BCUT2D eigenvalue weighted by atomic mass is 32.1. The summed E-state index contributed by atoms with van der Waals surface area (Å²) in [7, 11) is 0. The largest absolute Gasteiger partial charge is 0.501 e. The summed E-state index contributed by atoms with van der Waals surface area (Å²) in [6.07, 6.45) is 2.39. The summed E-state index contributed by atoms with van der Waals surface area (Å²) in [6, 6.07) is 3.70. The highest BCUT2D eigenvalue weighted by molar-refractivity contribution is 7.18. The number of thiophene rings is 1. The molecule has 0 aliphatic carbocycles. The Balaban J connectivity index is 2.02. The average molecular weight is 374 g/mol. The normalized spacial score (nSPS) is 16.3. The van der Waals surface area contributed by atoms with Crippen molar-refractivity contribution < 1.29 is 13.7 Å². The number of nitrogens with zero attached hydrogens (tertiary/aromatic N) is 2. The minimum atomic E-state index is -0.238. The smallest absolute Gasteiger partial charge is 0.465 e. The van der Waals surface area contributed by atoms with Crippen molar-refractivity contribution in [3.63, 3.8) is 0 Å². The predicted octanol–water partition coefficient (Wildman–Crippen LogP) is 3.01. The quantitative estimate of drug-likeness (QED) is 0.715. The first-order chi connectivity index (χ1) is 12.3. The standard InChI is InChI=1S/C19H23N3O3S/c1-11(2)22-17-15(13-8-19(3,4)25-10-14(13)26-17)16(20)21(18(22)23)9-12-6-5-7-24-12/h5-7,11,20H,8-10H2,1-4H3/p+1. The Bertz CT molecular complexity index is 1030. The first-order valence-electron chi connectivity index (χ1n) is 8.83. The van der Waals surface area contributed by atoms with Crippen LogP contribution in [0.3, 0.4) is 0 Å². The lowest BCUT2D eigenvalue weighted by atomic mass is 9.94. The van der Waals surface area contributed by atoms with Crippen LogP contribution in [0.5, 0.6) is 0 Å². The summed E-state index contributed by atoms with van der Waals surface area (Å²) in [5.74, 6) is 1.22. The molecule has 0 saturated heterocycles. The number of rotatable bonds is 3. The molecule has 0 saturated carbocycles. The topological polar surface area (TPSA) is 74.3 Å². The third kappa shape index (κ3) is 2.66. The van der Waals surface area contributed by atoms with Crippen LogP contribution in [0.25, 0.3) is 10.2 Å². The number of fused-ring (bicyclic) bond motifs is 3. The van der Waals surface area contributed by atoms with Gasteiger partial charge in [-0.15, -0.1) is 0 Å². The van der Waals surface area contributed by atoms with E-state index in [0.717, 1.165) is 21.5 Å². The summed E-state index contributed by atoms with van der Waals surface area (Å²) in [4.78, 5) is 15.3. The fraction of sp³-hybridized carbons (Fsp3) is 0.474. The van der Waals surface area contributed by atoms with Gasteiger partial charge in [0.1, 0.15) is 17.2 Å². The second-order valence-corrected chi connectivity index (χ2v) is 8.79. The van der Waals surface area contributed by atoms with Gasteiger partial charge in [-0.25, -0.2) is 0 Å². The first kappa shape index (κ1) is 17.3. The summed E-state index contributed by atoms with van der Waals surface area (Å²) in [5.41, 5.74) is 7.40. The van der Waals surface area contributed by atoms with Crippen LogP contribution in [0.2, 0.25) is 0 Å². The molecule has 0 amide bonds. The van der Waals surface area contributed by atoms with Crippen molar-refractivity contribution in [2.75, 3.05) is 5.73 Å². The zero-order chi connectivity index (χ0) is 18.6. The van der Waals surface area contributed by atoms with Gasteiger partial charge in [0.2, 0.25) is 5.82 Å². The van der Waals surface area contributed by atoms with Crippen LogP contribution < -0.4 is 16.0 Å². The maximum Gasteiger partial charge on any atom is 0.501 e. The number of nitrogens with two attached hydrogens (primary N) is 1. The third-order valence-electron chi connectivity index (χ3n) is 4.88. The maximum absolute atomic E-state index is 13.2. The molecule has 6 nitrogen and oxygen atoms in total. The van der Waals surface area contributed by atoms with E-state index >= 15 is 0 Å². The fourth-order valence-corrected chi connectivity index (χ4v) is 4.96. The van der Waals surface area contributed by atoms with Crippen molar-refractivity contribution >= 4 is 27.4 Å². The minimum Gasteiger partial charge on any atom is -0.465 e. The molecule has 1 aliphatic rings. The molecule has 3 aromatic heterocycles. The molecule has 26 heavy (non-hydrogen) atoms. The Kier molecular flexibility index (Phi) is 3.96. The maximum atomic E-state index is 13.2. The highest BCUT2D eigenvalue weighted by Gasteiger charge is 2.35. The van der Waals surface area contributed by atoms with Crippen molar-refractivity contribution in [3.8, 4) is 0 Å². The lowest BCUT2D eigenvalue weighted by Gasteiger charge is -2.29. The highest BCUT2D eigenvalue weighted by Crippen LogP contribution is 2.39. The third-order valence-corrected chi connectivity index (χ3v) is 6.09. The number of ether oxygens (including phenoxy) is 1. The summed E-state index contributed by atoms with van der Waals surface area (Å²) in [6.45, 7) is 9.10. The van der Waals surface area contributed by atoms with E-state index in [1.165, 1.54) is 5.56 Å². The molecule has 1 aliphatic heterocycles. The molecule has 0 atom stereocenters. The predicted molar refractivity (Wildman–Crippen MR) is 101 cm³/mol. The van der Waals surface area contributed by atoms with Crippen LogP contribution in [-0.4, -0.2) is 10.2 Å². The molecule has 0 bridgehead atoms. The number of furan rings is 1. The number of hydrogen-bond donors (Lipinski definition) is 1. The van der Waals surface area contributed by atoms with E-state index in [4.69, 9.17) is 14.9 Å². The molecule has 0 unspecified atom stereocenters. The van der Waals surface area contributed by atoms with Crippen LogP contribution >= 0.6 is 11.3 Å². The van der Waals surface area contributed by atoms with E-state index in [1.54, 1.807) is 22.2 Å². The van der Waals surface area contributed by atoms with Crippen molar-refractivity contribution in [2.24, 2.45) is 0 Å². The number of aromatic nitrogens is 2. The molecular weight excluding hydrogens is 350 g/mol. The monoisotopic (exact) mass is 374 g/mol. The van der Waals surface area contributed by atoms with E-state index in [9.17, 15) is 4.79 Å². The van der Waals surface area contributed by atoms with Crippen molar-refractivity contribution in [1.29, 1.82) is 0 Å². The average Bonchev–Trinajstić information content (AvgIpc) is 3.17. The fourth-order valence-electron chi connectivity index (χ4n) is 3.59. The minimum absolute atomic E-state index is 0.0301. The van der Waals surface area contributed by atoms with Crippen LogP contribution in [0, 0.1) is 0 Å². The molecule has 2 N–H and O–H groups in total. The van der Waals surface area contributed by atoms with E-state index in [-0.39, 0.29) is 17.3 Å². The van der Waals surface area contributed by atoms with E-state index in [2.05, 4.69) is 13.8 Å². The molecule has 0 radical (unpaired) electrons. The Morgan fingerprint density at radius 3 is 2.85 bits per heavy atom. The van der Waals surface area contributed by atoms with Gasteiger partial charge in [-0.2, -0.15) is 13.9 Å². The van der Waals surface area contributed by atoms with Gasteiger partial charge in [0.15, 0.2) is 11.4 Å². The van der Waals surface area contributed by atoms with E-state index < -0.39 is 0 Å². The van der Waals surface area contributed by atoms with Gasteiger partial charge in [0, 0.05) is 11.3 Å². The first-order valence-corrected chi connectivity index (χ1v) is 9.64. The molecule has 0 fully saturated rings. The second-order valence-electron chi connectivity index (χ2n) is 7.71. The molecular formula is C19H24N3O3S+. The second kappa shape index (κ2) is 5.96. The van der Waals surface area contributed by atoms with Gasteiger partial charge in [0.05, 0.1) is 18.5 Å². The van der Waals surface area contributed by atoms with E-state index in [0.29, 0.717) is 24.7 Å². The van der Waals surface area contributed by atoms with Gasteiger partial charge in [-0.05, 0) is 45.4 Å². The number of anilines is 1. The van der Waals surface area contributed by atoms with Crippen LogP contribution in [0.1, 0.15) is 49.9 Å². The van der Waals surface area contributed by atoms with Gasteiger partial charge >= 0.3 is 5.69 Å². The zero-order valence-electron chi connectivity index (χ0n) is 15.5. The van der Waals surface area contributed by atoms with Gasteiger partial charge < -0.3 is 14.9 Å². The number of nitrogen functional groups attached to an aromatic ring is 1. The summed E-state index contributed by atoms with van der Waals surface area (Å²) < 4.78 is 14.9. The van der Waals surface area contributed by atoms with Gasteiger partial charge in [-0.3, -0.25) is 0 Å². The van der Waals surface area contributed by atoms with Gasteiger partial charge in [-0.1, -0.05) is 11.3 Å². The molecule has 4 heterocycles. The lowest BCUT2D eigenvalue weighted by Crippen LogP contribution is -2.56. The Hall–Kier alpha value is -2.12. The zero-order valence-corrected chi connectivity index (χ0v) is 16.4. The van der Waals surface area contributed by atoms with Crippen LogP contribution in [0.15, 0.2) is 27.6 Å². The molecule has 0 spiro atoms. The SMILES string of the molecule is CC(C)[n+]1c(=O)n(Cc2ccco2)c(N)c2c3c(sc21)COC(C)(C)C3.